The number of rotatable bonds is 14. The van der Waals surface area contributed by atoms with Crippen LogP contribution in [0.5, 0.6) is 0 Å². The molecule has 3 heterocycles. The summed E-state index contributed by atoms with van der Waals surface area (Å²) in [6.07, 6.45) is 8.07. The number of aliphatic hydroxyl groups excluding tert-OH is 1. The van der Waals surface area contributed by atoms with E-state index >= 15 is 0 Å². The van der Waals surface area contributed by atoms with Gasteiger partial charge in [-0.15, -0.1) is 24.9 Å². The molecule has 3 fully saturated rings. The number of esters is 1. The average molecular weight is 563 g/mol. The van der Waals surface area contributed by atoms with Gasteiger partial charge in [0.1, 0.15) is 6.04 Å². The summed E-state index contributed by atoms with van der Waals surface area (Å²) in [5.41, 5.74) is -0.487. The lowest BCUT2D eigenvalue weighted by molar-refractivity contribution is -0.154. The van der Waals surface area contributed by atoms with Gasteiger partial charge < -0.3 is 19.6 Å². The SMILES string of the molecule is C=CCCCCOC(=O)[C@@H]1[C@H]2C(=O)N(CCCO)C(C(=O)N(CC=C)C(C)(C)CC(C)(C)C)C23S[C@@H]1CC3C. The number of carbonyl (C=O) groups is 3. The van der Waals surface area contributed by atoms with Crippen molar-refractivity contribution in [2.75, 3.05) is 26.3 Å². The average Bonchev–Trinajstić information content (AvgIpc) is 3.42. The molecule has 2 amide bonds. The van der Waals surface area contributed by atoms with Crippen molar-refractivity contribution in [2.24, 2.45) is 23.2 Å². The van der Waals surface area contributed by atoms with Gasteiger partial charge in [0, 0.05) is 30.5 Å². The van der Waals surface area contributed by atoms with E-state index in [1.807, 2.05) is 11.0 Å². The Bertz CT molecular complexity index is 944. The molecule has 0 saturated carbocycles. The van der Waals surface area contributed by atoms with E-state index in [-0.39, 0.29) is 47.5 Å². The van der Waals surface area contributed by atoms with Crippen LogP contribution in [0, 0.1) is 23.2 Å². The summed E-state index contributed by atoms with van der Waals surface area (Å²) in [7, 11) is 0. The number of ether oxygens (including phenoxy) is 1. The van der Waals surface area contributed by atoms with Crippen molar-refractivity contribution < 1.29 is 24.2 Å². The Labute approximate surface area is 239 Å². The lowest BCUT2D eigenvalue weighted by atomic mass is 9.66. The fraction of sp³-hybridized carbons (Fsp3) is 0.774. The van der Waals surface area contributed by atoms with E-state index in [1.54, 1.807) is 22.7 Å². The molecular formula is C31H50N2O5S. The number of hydrogen-bond donors (Lipinski definition) is 1. The molecule has 3 aliphatic rings. The zero-order valence-corrected chi connectivity index (χ0v) is 25.7. The van der Waals surface area contributed by atoms with E-state index in [0.29, 0.717) is 19.6 Å². The summed E-state index contributed by atoms with van der Waals surface area (Å²) in [6.45, 7) is 21.4. The molecule has 39 heavy (non-hydrogen) atoms. The maximum atomic E-state index is 14.7. The third-order valence-electron chi connectivity index (χ3n) is 8.63. The molecule has 1 spiro atoms. The Morgan fingerprint density at radius 1 is 1.18 bits per heavy atom. The van der Waals surface area contributed by atoms with Crippen molar-refractivity contribution in [3.8, 4) is 0 Å². The first-order chi connectivity index (χ1) is 18.3. The first kappa shape index (κ1) is 31.7. The second-order valence-electron chi connectivity index (χ2n) is 13.4. The summed E-state index contributed by atoms with van der Waals surface area (Å²) in [4.78, 5) is 45.8. The maximum Gasteiger partial charge on any atom is 0.310 e. The molecule has 7 nitrogen and oxygen atoms in total. The van der Waals surface area contributed by atoms with E-state index in [1.165, 1.54) is 0 Å². The number of likely N-dealkylation sites (tertiary alicyclic amines) is 1. The van der Waals surface area contributed by atoms with E-state index in [9.17, 15) is 19.5 Å². The quantitative estimate of drug-likeness (QED) is 0.185. The van der Waals surface area contributed by atoms with Crippen LogP contribution in [0.4, 0.5) is 0 Å². The Hall–Kier alpha value is -1.80. The highest BCUT2D eigenvalue weighted by atomic mass is 32.2. The smallest absolute Gasteiger partial charge is 0.310 e. The van der Waals surface area contributed by atoms with Gasteiger partial charge in [-0.25, -0.2) is 0 Å². The minimum atomic E-state index is -0.698. The number of aliphatic hydroxyl groups is 1. The van der Waals surface area contributed by atoms with Crippen LogP contribution < -0.4 is 0 Å². The first-order valence-corrected chi connectivity index (χ1v) is 15.4. The predicted octanol–water partition coefficient (Wildman–Crippen LogP) is 4.83. The summed E-state index contributed by atoms with van der Waals surface area (Å²) in [6, 6.07) is -0.698. The van der Waals surface area contributed by atoms with Gasteiger partial charge in [-0.2, -0.15) is 0 Å². The fourth-order valence-electron chi connectivity index (χ4n) is 7.51. The van der Waals surface area contributed by atoms with Gasteiger partial charge in [-0.1, -0.05) is 39.8 Å². The van der Waals surface area contributed by atoms with Gasteiger partial charge >= 0.3 is 5.97 Å². The van der Waals surface area contributed by atoms with E-state index in [0.717, 1.165) is 32.1 Å². The summed E-state index contributed by atoms with van der Waals surface area (Å²) < 4.78 is 5.02. The number of thioether (sulfide) groups is 1. The Kier molecular flexibility index (Phi) is 10.1. The highest BCUT2D eigenvalue weighted by molar-refractivity contribution is 8.02. The van der Waals surface area contributed by atoms with E-state index in [4.69, 9.17) is 4.74 Å². The summed E-state index contributed by atoms with van der Waals surface area (Å²) in [5, 5.41) is 9.60. The van der Waals surface area contributed by atoms with Crippen molar-refractivity contribution in [3.05, 3.63) is 25.3 Å². The third kappa shape index (κ3) is 6.12. The lowest BCUT2D eigenvalue weighted by Gasteiger charge is -2.46. The molecule has 1 N–H and O–H groups in total. The topological polar surface area (TPSA) is 87.1 Å². The first-order valence-electron chi connectivity index (χ1n) is 14.6. The van der Waals surface area contributed by atoms with Crippen molar-refractivity contribution in [3.63, 3.8) is 0 Å². The minimum Gasteiger partial charge on any atom is -0.465 e. The molecule has 0 aromatic rings. The molecule has 220 valence electrons. The van der Waals surface area contributed by atoms with Crippen LogP contribution >= 0.6 is 11.8 Å². The number of allylic oxidation sites excluding steroid dienone is 1. The van der Waals surface area contributed by atoms with Crippen LogP contribution in [0.25, 0.3) is 0 Å². The fourth-order valence-corrected chi connectivity index (χ4v) is 9.92. The normalized spacial score (nSPS) is 29.9. The van der Waals surface area contributed by atoms with Gasteiger partial charge in [0.05, 0.1) is 23.2 Å². The molecule has 3 rings (SSSR count). The molecule has 3 unspecified atom stereocenters. The molecule has 3 aliphatic heterocycles. The number of amides is 2. The highest BCUT2D eigenvalue weighted by Gasteiger charge is 2.76. The molecule has 0 radical (unpaired) electrons. The van der Waals surface area contributed by atoms with Crippen LogP contribution in [0.3, 0.4) is 0 Å². The van der Waals surface area contributed by atoms with Crippen LogP contribution in [0.15, 0.2) is 25.3 Å². The largest absolute Gasteiger partial charge is 0.465 e. The zero-order valence-electron chi connectivity index (χ0n) is 24.9. The number of hydrogen-bond acceptors (Lipinski definition) is 6. The van der Waals surface area contributed by atoms with Crippen LogP contribution in [-0.2, 0) is 19.1 Å². The number of carbonyl (C=O) groups excluding carboxylic acids is 3. The van der Waals surface area contributed by atoms with E-state index in [2.05, 4.69) is 54.7 Å². The molecule has 6 atom stereocenters. The lowest BCUT2D eigenvalue weighted by Crippen LogP contribution is -2.61. The third-order valence-corrected chi connectivity index (χ3v) is 10.7. The van der Waals surface area contributed by atoms with Crippen LogP contribution in [0.2, 0.25) is 0 Å². The highest BCUT2D eigenvalue weighted by Crippen LogP contribution is 2.69. The van der Waals surface area contributed by atoms with Crippen LogP contribution in [0.1, 0.15) is 80.1 Å². The Morgan fingerprint density at radius 2 is 1.87 bits per heavy atom. The Morgan fingerprint density at radius 3 is 2.46 bits per heavy atom. The van der Waals surface area contributed by atoms with Crippen molar-refractivity contribution in [1.82, 2.24) is 9.80 Å². The molecule has 3 saturated heterocycles. The molecule has 8 heteroatoms. The molecule has 0 aliphatic carbocycles. The monoisotopic (exact) mass is 562 g/mol. The molecule has 0 aromatic heterocycles. The number of unbranched alkanes of at least 4 members (excludes halogenated alkanes) is 2. The van der Waals surface area contributed by atoms with Gasteiger partial charge in [0.25, 0.3) is 0 Å². The number of nitrogens with zero attached hydrogens (tertiary/aromatic N) is 2. The van der Waals surface area contributed by atoms with Crippen molar-refractivity contribution in [1.29, 1.82) is 0 Å². The second-order valence-corrected chi connectivity index (χ2v) is 14.9. The van der Waals surface area contributed by atoms with Gasteiger partial charge in [0.15, 0.2) is 0 Å². The standard InChI is InChI=1S/C31H50N2O5S/c1-9-11-12-13-18-38-28(37)23-22-19-21(3)31(39-22)24(23)26(35)32(16-14-17-34)25(31)27(36)33(15-10-2)30(7,8)20-29(4,5)6/h9-10,21-25,34H,1-2,11-20H2,3-8H3/t21?,22-,23+,24+,25?,31?/m1/s1. The van der Waals surface area contributed by atoms with Crippen molar-refractivity contribution >= 4 is 29.5 Å². The number of fused-ring (bicyclic) bond motifs is 1. The van der Waals surface area contributed by atoms with Gasteiger partial charge in [0.2, 0.25) is 11.8 Å². The molecule has 0 aromatic carbocycles. The molecule has 2 bridgehead atoms. The summed E-state index contributed by atoms with van der Waals surface area (Å²) in [5.74, 6) is -1.61. The Balaban J connectivity index is 1.99. The van der Waals surface area contributed by atoms with Gasteiger partial charge in [-0.3, -0.25) is 14.4 Å². The van der Waals surface area contributed by atoms with Crippen molar-refractivity contribution in [2.45, 2.75) is 102 Å². The maximum absolute atomic E-state index is 14.7. The molecular weight excluding hydrogens is 512 g/mol. The van der Waals surface area contributed by atoms with Crippen LogP contribution in [-0.4, -0.2) is 80.6 Å². The zero-order chi connectivity index (χ0) is 29.2. The van der Waals surface area contributed by atoms with Gasteiger partial charge in [-0.05, 0) is 63.7 Å². The second kappa shape index (κ2) is 12.4. The summed E-state index contributed by atoms with van der Waals surface area (Å²) >= 11 is 1.67. The van der Waals surface area contributed by atoms with E-state index < -0.39 is 28.2 Å². The predicted molar refractivity (Wildman–Crippen MR) is 157 cm³/mol. The minimum absolute atomic E-state index is 0.0134.